The molecule has 6 heteroatoms. The number of nitrogens with one attached hydrogen (secondary N) is 1. The van der Waals surface area contributed by atoms with Gasteiger partial charge in [-0.15, -0.1) is 0 Å². The Morgan fingerprint density at radius 2 is 1.90 bits per heavy atom. The number of hydrogen-bond donors (Lipinski definition) is 1. The number of nitrogens with zero attached hydrogens (tertiary/aromatic N) is 3. The summed E-state index contributed by atoms with van der Waals surface area (Å²) < 4.78 is 2.54. The molecule has 0 aliphatic rings. The third kappa shape index (κ3) is 3.21. The Kier molecular flexibility index (Phi) is 4.47. The van der Waals surface area contributed by atoms with Gasteiger partial charge < -0.3 is 9.88 Å². The number of hydrogen-bond acceptors (Lipinski definition) is 4. The molecule has 0 aromatic carbocycles. The molecule has 0 unspecified atom stereocenters. The van der Waals surface area contributed by atoms with Crippen molar-refractivity contribution >= 4 is 0 Å². The van der Waals surface area contributed by atoms with Crippen LogP contribution in [-0.2, 0) is 27.1 Å². The molecule has 2 heterocycles. The third-order valence-corrected chi connectivity index (χ3v) is 3.17. The van der Waals surface area contributed by atoms with Crippen molar-refractivity contribution < 1.29 is 0 Å². The minimum absolute atomic E-state index is 0.246. The summed E-state index contributed by atoms with van der Waals surface area (Å²) >= 11 is 0. The van der Waals surface area contributed by atoms with Crippen molar-refractivity contribution in [2.45, 2.75) is 13.0 Å². The van der Waals surface area contributed by atoms with Crippen molar-refractivity contribution in [2.75, 3.05) is 6.54 Å². The smallest absolute Gasteiger partial charge is 0.312 e. The van der Waals surface area contributed by atoms with Crippen molar-refractivity contribution in [3.63, 3.8) is 0 Å². The molecule has 0 aliphatic carbocycles. The minimum Gasteiger partial charge on any atom is -0.312 e. The Hall–Kier alpha value is -2.21. The van der Waals surface area contributed by atoms with E-state index in [2.05, 4.69) is 10.3 Å². The van der Waals surface area contributed by atoms with Gasteiger partial charge in [0.1, 0.15) is 0 Å². The first-order valence-electron chi connectivity index (χ1n) is 6.44. The van der Waals surface area contributed by atoms with Gasteiger partial charge in [0.2, 0.25) is 0 Å². The van der Waals surface area contributed by atoms with Crippen LogP contribution in [0.15, 0.2) is 40.3 Å². The highest BCUT2D eigenvalue weighted by molar-refractivity contribution is 5.10. The van der Waals surface area contributed by atoms with E-state index in [0.29, 0.717) is 12.1 Å². The molecule has 106 valence electrons. The van der Waals surface area contributed by atoms with E-state index < -0.39 is 0 Å². The first-order chi connectivity index (χ1) is 9.59. The number of aromatic nitrogens is 3. The van der Waals surface area contributed by atoms with Crippen LogP contribution in [0, 0.1) is 0 Å². The maximum atomic E-state index is 11.9. The van der Waals surface area contributed by atoms with Crippen LogP contribution in [0.2, 0.25) is 0 Å². The highest BCUT2D eigenvalue weighted by atomic mass is 16.2. The Balaban J connectivity index is 1.95. The Labute approximate surface area is 116 Å². The molecule has 0 radical (unpaired) electrons. The second kappa shape index (κ2) is 6.29. The summed E-state index contributed by atoms with van der Waals surface area (Å²) in [5.41, 5.74) is 1.23. The van der Waals surface area contributed by atoms with Crippen molar-refractivity contribution in [3.8, 4) is 0 Å². The molecule has 1 N–H and O–H groups in total. The van der Waals surface area contributed by atoms with Crippen LogP contribution in [0.5, 0.6) is 0 Å². The topological polar surface area (TPSA) is 68.9 Å². The lowest BCUT2D eigenvalue weighted by molar-refractivity contribution is 0.630. The summed E-state index contributed by atoms with van der Waals surface area (Å²) in [6.45, 7) is 1.21. The molecule has 0 bridgehead atoms. The fourth-order valence-electron chi connectivity index (χ4n) is 2.01. The minimum atomic E-state index is -0.310. The van der Waals surface area contributed by atoms with Gasteiger partial charge in [-0.25, -0.2) is 4.79 Å². The second-order valence-corrected chi connectivity index (χ2v) is 4.69. The van der Waals surface area contributed by atoms with Gasteiger partial charge in [-0.3, -0.25) is 14.3 Å². The highest BCUT2D eigenvalue weighted by Gasteiger charge is 2.05. The van der Waals surface area contributed by atoms with Gasteiger partial charge in [-0.1, -0.05) is 0 Å². The molecule has 2 aromatic heterocycles. The van der Waals surface area contributed by atoms with E-state index in [9.17, 15) is 9.59 Å². The molecule has 0 fully saturated rings. The van der Waals surface area contributed by atoms with Gasteiger partial charge in [0.15, 0.2) is 0 Å². The standard InChI is InChI=1S/C14H18N4O2/c1-17-10-12(13(19)18(2)14(17)20)9-16-8-5-11-3-6-15-7-4-11/h3-4,6-7,10,16H,5,8-9H2,1-2H3. The lowest BCUT2D eigenvalue weighted by atomic mass is 10.2. The van der Waals surface area contributed by atoms with E-state index in [4.69, 9.17) is 0 Å². The first-order valence-corrected chi connectivity index (χ1v) is 6.44. The lowest BCUT2D eigenvalue weighted by Crippen LogP contribution is -2.39. The van der Waals surface area contributed by atoms with Crippen molar-refractivity contribution in [1.29, 1.82) is 0 Å². The molecular formula is C14H18N4O2. The van der Waals surface area contributed by atoms with Crippen molar-refractivity contribution in [2.24, 2.45) is 14.1 Å². The largest absolute Gasteiger partial charge is 0.330 e. The van der Waals surface area contributed by atoms with Crippen LogP contribution in [0.1, 0.15) is 11.1 Å². The summed E-state index contributed by atoms with van der Waals surface area (Å²) in [6.07, 6.45) is 5.98. The van der Waals surface area contributed by atoms with Gasteiger partial charge >= 0.3 is 5.69 Å². The molecule has 0 saturated heterocycles. The zero-order valence-electron chi connectivity index (χ0n) is 11.7. The summed E-state index contributed by atoms with van der Waals surface area (Å²) in [5.74, 6) is 0. The van der Waals surface area contributed by atoms with Gasteiger partial charge in [-0.05, 0) is 30.7 Å². The van der Waals surface area contributed by atoms with Crippen LogP contribution in [0.4, 0.5) is 0 Å². The Bertz CT molecular complexity index is 689. The molecule has 0 aliphatic heterocycles. The molecule has 0 saturated carbocycles. The van der Waals surface area contributed by atoms with Gasteiger partial charge in [0.05, 0.1) is 0 Å². The van der Waals surface area contributed by atoms with E-state index in [0.717, 1.165) is 17.5 Å². The van der Waals surface area contributed by atoms with E-state index in [1.54, 1.807) is 25.6 Å². The van der Waals surface area contributed by atoms with E-state index in [1.165, 1.54) is 17.2 Å². The molecule has 0 spiro atoms. The third-order valence-electron chi connectivity index (χ3n) is 3.17. The van der Waals surface area contributed by atoms with Crippen molar-refractivity contribution in [1.82, 2.24) is 19.4 Å². The number of aryl methyl sites for hydroxylation is 1. The predicted octanol–water partition coefficient (Wildman–Crippen LogP) is -0.189. The Morgan fingerprint density at radius 1 is 1.20 bits per heavy atom. The van der Waals surface area contributed by atoms with Crippen molar-refractivity contribution in [3.05, 3.63) is 62.7 Å². The van der Waals surface area contributed by atoms with Gasteiger partial charge in [0.25, 0.3) is 5.56 Å². The molecule has 0 amide bonds. The monoisotopic (exact) mass is 274 g/mol. The number of pyridine rings is 1. The van der Waals surface area contributed by atoms with Gasteiger partial charge in [0, 0.05) is 44.8 Å². The summed E-state index contributed by atoms with van der Waals surface area (Å²) in [6, 6.07) is 3.93. The zero-order chi connectivity index (χ0) is 14.5. The fourth-order valence-corrected chi connectivity index (χ4v) is 2.01. The van der Waals surface area contributed by atoms with E-state index in [-0.39, 0.29) is 11.2 Å². The molecule has 0 atom stereocenters. The van der Waals surface area contributed by atoms with Crippen LogP contribution in [-0.4, -0.2) is 20.7 Å². The average molecular weight is 274 g/mol. The van der Waals surface area contributed by atoms with E-state index in [1.807, 2.05) is 12.1 Å². The van der Waals surface area contributed by atoms with Crippen LogP contribution >= 0.6 is 0 Å². The van der Waals surface area contributed by atoms with Crippen LogP contribution in [0.3, 0.4) is 0 Å². The quantitative estimate of drug-likeness (QED) is 0.767. The zero-order valence-corrected chi connectivity index (χ0v) is 11.7. The molecule has 6 nitrogen and oxygen atoms in total. The average Bonchev–Trinajstić information content (AvgIpc) is 2.47. The first kappa shape index (κ1) is 14.2. The SMILES string of the molecule is Cn1cc(CNCCc2ccncc2)c(=O)n(C)c1=O. The normalized spacial score (nSPS) is 10.7. The maximum absolute atomic E-state index is 11.9. The summed E-state index contributed by atoms with van der Waals surface area (Å²) in [7, 11) is 3.13. The Morgan fingerprint density at radius 3 is 2.60 bits per heavy atom. The lowest BCUT2D eigenvalue weighted by Gasteiger charge is -2.08. The fraction of sp³-hybridized carbons (Fsp3) is 0.357. The molecular weight excluding hydrogens is 256 g/mol. The predicted molar refractivity (Wildman–Crippen MR) is 76.6 cm³/mol. The van der Waals surface area contributed by atoms with Gasteiger partial charge in [-0.2, -0.15) is 0 Å². The van der Waals surface area contributed by atoms with Crippen LogP contribution < -0.4 is 16.6 Å². The molecule has 2 aromatic rings. The second-order valence-electron chi connectivity index (χ2n) is 4.69. The molecule has 2 rings (SSSR count). The van der Waals surface area contributed by atoms with E-state index >= 15 is 0 Å². The highest BCUT2D eigenvalue weighted by Crippen LogP contribution is 1.96. The summed E-state index contributed by atoms with van der Waals surface area (Å²) in [5, 5.41) is 3.22. The molecule has 20 heavy (non-hydrogen) atoms. The maximum Gasteiger partial charge on any atom is 0.330 e. The number of rotatable bonds is 5. The summed E-state index contributed by atoms with van der Waals surface area (Å²) in [4.78, 5) is 27.4. The van der Waals surface area contributed by atoms with Crippen LogP contribution in [0.25, 0.3) is 0 Å².